The standard InChI is InChI=1S/C23H24N2O4/c1-25(14-16-8-7-13-28-16)21(26)15-29-23(27)22-17-9-3-2-4-11-19(17)24-20-12-6-5-10-18(20)22/h5-8,10,12-13H,2-4,9,11,14-15H2,1H3. The van der Waals surface area contributed by atoms with Gasteiger partial charge in [-0.3, -0.25) is 9.78 Å². The number of rotatable bonds is 5. The Hall–Kier alpha value is -3.15. The van der Waals surface area contributed by atoms with E-state index in [-0.39, 0.29) is 12.5 Å². The molecule has 0 saturated heterocycles. The number of esters is 1. The second-order valence-electron chi connectivity index (χ2n) is 7.40. The van der Waals surface area contributed by atoms with E-state index in [1.165, 1.54) is 4.90 Å². The van der Waals surface area contributed by atoms with Crippen molar-refractivity contribution in [1.82, 2.24) is 9.88 Å². The normalized spacial score (nSPS) is 13.6. The molecule has 0 unspecified atom stereocenters. The summed E-state index contributed by atoms with van der Waals surface area (Å²) in [5.74, 6) is -0.0571. The summed E-state index contributed by atoms with van der Waals surface area (Å²) in [4.78, 5) is 31.7. The molecule has 1 aliphatic rings. The molecule has 150 valence electrons. The zero-order chi connectivity index (χ0) is 20.2. The molecule has 1 aliphatic carbocycles. The lowest BCUT2D eigenvalue weighted by Gasteiger charge is -2.17. The van der Waals surface area contributed by atoms with E-state index in [0.717, 1.165) is 54.3 Å². The lowest BCUT2D eigenvalue weighted by atomic mass is 9.97. The Kier molecular flexibility index (Phi) is 5.60. The van der Waals surface area contributed by atoms with Gasteiger partial charge >= 0.3 is 5.97 Å². The maximum Gasteiger partial charge on any atom is 0.339 e. The van der Waals surface area contributed by atoms with Crippen molar-refractivity contribution in [3.05, 3.63) is 65.2 Å². The number of hydrogen-bond acceptors (Lipinski definition) is 5. The maximum absolute atomic E-state index is 13.0. The summed E-state index contributed by atoms with van der Waals surface area (Å²) in [6.07, 6.45) is 6.46. The molecule has 29 heavy (non-hydrogen) atoms. The van der Waals surface area contributed by atoms with E-state index in [4.69, 9.17) is 14.1 Å². The first-order valence-corrected chi connectivity index (χ1v) is 9.97. The van der Waals surface area contributed by atoms with Crippen LogP contribution < -0.4 is 0 Å². The third kappa shape index (κ3) is 4.16. The summed E-state index contributed by atoms with van der Waals surface area (Å²) >= 11 is 0. The van der Waals surface area contributed by atoms with Crippen molar-refractivity contribution in [1.29, 1.82) is 0 Å². The monoisotopic (exact) mass is 392 g/mol. The molecule has 0 fully saturated rings. The van der Waals surface area contributed by atoms with E-state index in [1.807, 2.05) is 24.3 Å². The molecular weight excluding hydrogens is 368 g/mol. The minimum atomic E-state index is -0.457. The Morgan fingerprint density at radius 3 is 2.76 bits per heavy atom. The Labute approximate surface area is 169 Å². The number of carbonyl (C=O) groups excluding carboxylic acids is 2. The summed E-state index contributed by atoms with van der Waals surface area (Å²) in [7, 11) is 1.66. The average molecular weight is 392 g/mol. The molecule has 4 rings (SSSR count). The Bertz CT molecular complexity index is 1030. The smallest absolute Gasteiger partial charge is 0.339 e. The largest absolute Gasteiger partial charge is 0.467 e. The van der Waals surface area contributed by atoms with Crippen LogP contribution in [0.2, 0.25) is 0 Å². The number of likely N-dealkylation sites (N-methyl/N-ethyl adjacent to an activating group) is 1. The molecule has 2 heterocycles. The molecule has 6 heteroatoms. The summed E-state index contributed by atoms with van der Waals surface area (Å²) < 4.78 is 10.7. The van der Waals surface area contributed by atoms with Gasteiger partial charge in [0.05, 0.1) is 23.9 Å². The molecule has 1 amide bonds. The molecule has 0 N–H and O–H groups in total. The number of fused-ring (bicyclic) bond motifs is 2. The van der Waals surface area contributed by atoms with Gasteiger partial charge in [-0.05, 0) is 49.4 Å². The van der Waals surface area contributed by atoms with Gasteiger partial charge in [-0.2, -0.15) is 0 Å². The van der Waals surface area contributed by atoms with E-state index in [1.54, 1.807) is 25.4 Å². The zero-order valence-electron chi connectivity index (χ0n) is 16.5. The summed E-state index contributed by atoms with van der Waals surface area (Å²) in [5, 5.41) is 0.787. The highest BCUT2D eigenvalue weighted by molar-refractivity contribution is 6.05. The zero-order valence-corrected chi connectivity index (χ0v) is 16.5. The van der Waals surface area contributed by atoms with Crippen molar-refractivity contribution in [2.24, 2.45) is 0 Å². The second kappa shape index (κ2) is 8.47. The molecule has 2 aromatic heterocycles. The van der Waals surface area contributed by atoms with Crippen LogP contribution in [0.1, 0.15) is 46.6 Å². The highest BCUT2D eigenvalue weighted by Crippen LogP contribution is 2.29. The first kappa shape index (κ1) is 19.2. The van der Waals surface area contributed by atoms with Gasteiger partial charge in [0.1, 0.15) is 5.76 Å². The fourth-order valence-electron chi connectivity index (χ4n) is 3.82. The van der Waals surface area contributed by atoms with Gasteiger partial charge in [-0.15, -0.1) is 0 Å². The van der Waals surface area contributed by atoms with Crippen LogP contribution in [0.15, 0.2) is 47.1 Å². The predicted octanol–water partition coefficient (Wildman–Crippen LogP) is 3.91. The molecule has 0 aliphatic heterocycles. The molecule has 6 nitrogen and oxygen atoms in total. The Morgan fingerprint density at radius 1 is 1.10 bits per heavy atom. The van der Waals surface area contributed by atoms with Crippen LogP contribution in [-0.4, -0.2) is 35.4 Å². The van der Waals surface area contributed by atoms with Crippen LogP contribution >= 0.6 is 0 Å². The van der Waals surface area contributed by atoms with Crippen molar-refractivity contribution >= 4 is 22.8 Å². The van der Waals surface area contributed by atoms with Gasteiger partial charge in [0.15, 0.2) is 6.61 Å². The van der Waals surface area contributed by atoms with Crippen molar-refractivity contribution in [2.45, 2.75) is 38.6 Å². The maximum atomic E-state index is 13.0. The highest BCUT2D eigenvalue weighted by atomic mass is 16.5. The number of aromatic nitrogens is 1. The quantitative estimate of drug-likeness (QED) is 0.486. The summed E-state index contributed by atoms with van der Waals surface area (Å²) in [6, 6.07) is 11.2. The fourth-order valence-corrected chi connectivity index (χ4v) is 3.82. The summed E-state index contributed by atoms with van der Waals surface area (Å²) in [5.41, 5.74) is 3.31. The molecule has 0 radical (unpaired) electrons. The van der Waals surface area contributed by atoms with Crippen molar-refractivity contribution in [3.63, 3.8) is 0 Å². The van der Waals surface area contributed by atoms with E-state index in [2.05, 4.69) is 0 Å². The van der Waals surface area contributed by atoms with Crippen LogP contribution in [0, 0.1) is 0 Å². The molecule has 0 bridgehead atoms. The lowest BCUT2D eigenvalue weighted by molar-refractivity contribution is -0.133. The van der Waals surface area contributed by atoms with Crippen LogP contribution in [0.4, 0.5) is 0 Å². The number of carbonyl (C=O) groups is 2. The first-order chi connectivity index (χ1) is 14.1. The molecule has 3 aromatic rings. The van der Waals surface area contributed by atoms with Crippen LogP contribution in [-0.2, 0) is 28.9 Å². The molecule has 0 saturated carbocycles. The number of amides is 1. The minimum absolute atomic E-state index is 0.279. The van der Waals surface area contributed by atoms with Gasteiger partial charge in [-0.25, -0.2) is 4.79 Å². The number of nitrogens with zero attached hydrogens (tertiary/aromatic N) is 2. The molecular formula is C23H24N2O4. The number of hydrogen-bond donors (Lipinski definition) is 0. The molecule has 0 spiro atoms. The van der Waals surface area contributed by atoms with E-state index >= 15 is 0 Å². The van der Waals surface area contributed by atoms with E-state index in [0.29, 0.717) is 17.9 Å². The topological polar surface area (TPSA) is 72.6 Å². The predicted molar refractivity (Wildman–Crippen MR) is 108 cm³/mol. The average Bonchev–Trinajstić information content (AvgIpc) is 3.13. The van der Waals surface area contributed by atoms with Gasteiger partial charge in [0.2, 0.25) is 0 Å². The number of ether oxygens (including phenoxy) is 1. The van der Waals surface area contributed by atoms with Crippen LogP contribution in [0.25, 0.3) is 10.9 Å². The second-order valence-corrected chi connectivity index (χ2v) is 7.40. The third-order valence-electron chi connectivity index (χ3n) is 5.35. The lowest BCUT2D eigenvalue weighted by Crippen LogP contribution is -2.31. The van der Waals surface area contributed by atoms with Crippen molar-refractivity contribution < 1.29 is 18.7 Å². The summed E-state index contributed by atoms with van der Waals surface area (Å²) in [6.45, 7) is 0.0262. The Balaban J connectivity index is 1.55. The molecule has 0 atom stereocenters. The fraction of sp³-hybridized carbons (Fsp3) is 0.348. The van der Waals surface area contributed by atoms with Gasteiger partial charge < -0.3 is 14.1 Å². The number of furan rings is 1. The van der Waals surface area contributed by atoms with Crippen LogP contribution in [0.5, 0.6) is 0 Å². The number of pyridine rings is 1. The number of benzene rings is 1. The Morgan fingerprint density at radius 2 is 1.93 bits per heavy atom. The first-order valence-electron chi connectivity index (χ1n) is 9.97. The third-order valence-corrected chi connectivity index (χ3v) is 5.35. The van der Waals surface area contributed by atoms with Gasteiger partial charge in [0.25, 0.3) is 5.91 Å². The number of para-hydroxylation sites is 1. The molecule has 1 aromatic carbocycles. The van der Waals surface area contributed by atoms with E-state index in [9.17, 15) is 9.59 Å². The van der Waals surface area contributed by atoms with E-state index < -0.39 is 5.97 Å². The number of aryl methyl sites for hydroxylation is 1. The minimum Gasteiger partial charge on any atom is -0.467 e. The SMILES string of the molecule is CN(Cc1ccco1)C(=O)COC(=O)c1c2c(nc3ccccc13)CCCCC2. The van der Waals surface area contributed by atoms with Crippen molar-refractivity contribution in [3.8, 4) is 0 Å². The highest BCUT2D eigenvalue weighted by Gasteiger charge is 2.24. The van der Waals surface area contributed by atoms with Crippen molar-refractivity contribution in [2.75, 3.05) is 13.7 Å². The van der Waals surface area contributed by atoms with Gasteiger partial charge in [-0.1, -0.05) is 24.6 Å². The van der Waals surface area contributed by atoms with Gasteiger partial charge in [0, 0.05) is 18.1 Å². The van der Waals surface area contributed by atoms with Crippen LogP contribution in [0.3, 0.4) is 0 Å².